The number of carbonyl (C=O) groups excluding carboxylic acids is 1. The van der Waals surface area contributed by atoms with Crippen molar-refractivity contribution in [2.75, 3.05) is 5.73 Å². The highest BCUT2D eigenvalue weighted by molar-refractivity contribution is 7.12. The predicted octanol–water partition coefficient (Wildman–Crippen LogP) is 3.58. The second-order valence-corrected chi connectivity index (χ2v) is 6.26. The van der Waals surface area contributed by atoms with Crippen molar-refractivity contribution in [3.05, 3.63) is 51.0 Å². The first-order valence-corrected chi connectivity index (χ1v) is 7.13. The van der Waals surface area contributed by atoms with E-state index in [2.05, 4.69) is 11.4 Å². The molecule has 5 heteroatoms. The van der Waals surface area contributed by atoms with Gasteiger partial charge in [-0.05, 0) is 50.6 Å². The zero-order chi connectivity index (χ0) is 14.9. The number of hydrogen-bond donors (Lipinski definition) is 2. The number of carbonyl (C=O) groups is 1. The lowest BCUT2D eigenvalue weighted by atomic mass is 10.1. The van der Waals surface area contributed by atoms with E-state index in [1.807, 2.05) is 20.8 Å². The van der Waals surface area contributed by atoms with Crippen LogP contribution in [0.4, 0.5) is 10.1 Å². The monoisotopic (exact) mass is 292 g/mol. The minimum Gasteiger partial charge on any atom is -0.396 e. The van der Waals surface area contributed by atoms with Crippen LogP contribution in [0, 0.1) is 19.7 Å². The number of nitrogen functional groups attached to an aromatic ring is 1. The summed E-state index contributed by atoms with van der Waals surface area (Å²) in [5, 5.41) is 2.90. The van der Waals surface area contributed by atoms with E-state index in [0.717, 1.165) is 5.56 Å². The number of nitrogens with two attached hydrogens (primary N) is 1. The summed E-state index contributed by atoms with van der Waals surface area (Å²) in [5.74, 6) is -0.772. The number of benzene rings is 1. The molecule has 0 saturated heterocycles. The van der Waals surface area contributed by atoms with Crippen LogP contribution in [0.25, 0.3) is 0 Å². The van der Waals surface area contributed by atoms with Crippen LogP contribution in [0.1, 0.15) is 38.6 Å². The largest absolute Gasteiger partial charge is 0.396 e. The fourth-order valence-corrected chi connectivity index (χ4v) is 3.15. The molecular formula is C15H17FN2OS. The van der Waals surface area contributed by atoms with Crippen LogP contribution in [0.15, 0.2) is 24.3 Å². The van der Waals surface area contributed by atoms with E-state index in [9.17, 15) is 9.18 Å². The molecule has 0 saturated carbocycles. The molecule has 0 bridgehead atoms. The van der Waals surface area contributed by atoms with Gasteiger partial charge in [0.2, 0.25) is 0 Å². The Balaban J connectivity index is 2.15. The number of rotatable bonds is 3. The maximum Gasteiger partial charge on any atom is 0.251 e. The van der Waals surface area contributed by atoms with Crippen molar-refractivity contribution in [2.45, 2.75) is 26.8 Å². The summed E-state index contributed by atoms with van der Waals surface area (Å²) in [6, 6.07) is 5.96. The van der Waals surface area contributed by atoms with Gasteiger partial charge in [-0.1, -0.05) is 0 Å². The van der Waals surface area contributed by atoms with Crippen molar-refractivity contribution in [3.8, 4) is 0 Å². The Morgan fingerprint density at radius 2 is 2.05 bits per heavy atom. The minimum atomic E-state index is -0.515. The molecule has 1 unspecified atom stereocenters. The number of thiophene rings is 1. The molecule has 2 aromatic rings. The van der Waals surface area contributed by atoms with Gasteiger partial charge in [-0.2, -0.15) is 0 Å². The summed E-state index contributed by atoms with van der Waals surface area (Å²) in [4.78, 5) is 14.5. The molecule has 20 heavy (non-hydrogen) atoms. The van der Waals surface area contributed by atoms with Crippen LogP contribution in [-0.4, -0.2) is 5.91 Å². The van der Waals surface area contributed by atoms with Gasteiger partial charge in [0.1, 0.15) is 5.82 Å². The molecule has 3 nitrogen and oxygen atoms in total. The van der Waals surface area contributed by atoms with Gasteiger partial charge >= 0.3 is 0 Å². The molecule has 0 aliphatic heterocycles. The van der Waals surface area contributed by atoms with Crippen LogP contribution in [-0.2, 0) is 0 Å². The van der Waals surface area contributed by atoms with E-state index in [4.69, 9.17) is 5.73 Å². The van der Waals surface area contributed by atoms with Gasteiger partial charge in [-0.15, -0.1) is 11.3 Å². The summed E-state index contributed by atoms with van der Waals surface area (Å²) in [7, 11) is 0. The average molecular weight is 292 g/mol. The second-order valence-electron chi connectivity index (χ2n) is 4.80. The minimum absolute atomic E-state index is 0.0205. The maximum absolute atomic E-state index is 13.1. The number of aryl methyl sites for hydroxylation is 2. The highest BCUT2D eigenvalue weighted by atomic mass is 32.1. The zero-order valence-electron chi connectivity index (χ0n) is 11.7. The van der Waals surface area contributed by atoms with Gasteiger partial charge in [0.15, 0.2) is 0 Å². The second kappa shape index (κ2) is 5.63. The number of hydrogen-bond acceptors (Lipinski definition) is 3. The lowest BCUT2D eigenvalue weighted by molar-refractivity contribution is 0.0940. The standard InChI is InChI=1S/C15H17FN2OS/c1-8-6-12(10(3)20-8)9(2)18-15(19)11-4-5-13(16)14(17)7-11/h4-7,9H,17H2,1-3H3,(H,18,19). The van der Waals surface area contributed by atoms with Crippen molar-refractivity contribution < 1.29 is 9.18 Å². The quantitative estimate of drug-likeness (QED) is 0.850. The first-order valence-electron chi connectivity index (χ1n) is 6.31. The Morgan fingerprint density at radius 1 is 1.35 bits per heavy atom. The smallest absolute Gasteiger partial charge is 0.251 e. The third-order valence-corrected chi connectivity index (χ3v) is 4.13. The Morgan fingerprint density at radius 3 is 2.60 bits per heavy atom. The molecule has 1 amide bonds. The van der Waals surface area contributed by atoms with Gasteiger partial charge in [0, 0.05) is 15.3 Å². The summed E-state index contributed by atoms with van der Waals surface area (Å²) < 4.78 is 13.1. The van der Waals surface area contributed by atoms with E-state index in [0.29, 0.717) is 5.56 Å². The van der Waals surface area contributed by atoms with Gasteiger partial charge in [-0.3, -0.25) is 4.79 Å². The van der Waals surface area contributed by atoms with E-state index >= 15 is 0 Å². The number of anilines is 1. The lowest BCUT2D eigenvalue weighted by Gasteiger charge is -2.14. The van der Waals surface area contributed by atoms with Crippen molar-refractivity contribution in [2.24, 2.45) is 0 Å². The maximum atomic E-state index is 13.1. The van der Waals surface area contributed by atoms with E-state index in [-0.39, 0.29) is 17.6 Å². The van der Waals surface area contributed by atoms with Crippen LogP contribution < -0.4 is 11.1 Å². The third kappa shape index (κ3) is 2.99. The lowest BCUT2D eigenvalue weighted by Crippen LogP contribution is -2.26. The molecule has 1 atom stereocenters. The van der Waals surface area contributed by atoms with Crippen LogP contribution >= 0.6 is 11.3 Å². The number of nitrogens with one attached hydrogen (secondary N) is 1. The fourth-order valence-electron chi connectivity index (χ4n) is 2.12. The molecule has 1 heterocycles. The fraction of sp³-hybridized carbons (Fsp3) is 0.267. The first kappa shape index (κ1) is 14.5. The summed E-state index contributed by atoms with van der Waals surface area (Å²) in [6.07, 6.45) is 0. The van der Waals surface area contributed by atoms with Gasteiger partial charge < -0.3 is 11.1 Å². The zero-order valence-corrected chi connectivity index (χ0v) is 12.5. The molecule has 1 aromatic heterocycles. The molecule has 0 aliphatic rings. The van der Waals surface area contributed by atoms with Gasteiger partial charge in [0.05, 0.1) is 11.7 Å². The average Bonchev–Trinajstić information content (AvgIpc) is 2.71. The normalized spacial score (nSPS) is 12.2. The molecule has 0 aliphatic carbocycles. The topological polar surface area (TPSA) is 55.1 Å². The first-order chi connectivity index (χ1) is 9.38. The van der Waals surface area contributed by atoms with Crippen LogP contribution in [0.5, 0.6) is 0 Å². The number of amides is 1. The predicted molar refractivity (Wildman–Crippen MR) is 80.5 cm³/mol. The van der Waals surface area contributed by atoms with E-state index in [1.165, 1.54) is 28.0 Å². The molecule has 2 rings (SSSR count). The van der Waals surface area contributed by atoms with E-state index < -0.39 is 5.82 Å². The van der Waals surface area contributed by atoms with Crippen molar-refractivity contribution in [1.29, 1.82) is 0 Å². The highest BCUT2D eigenvalue weighted by Gasteiger charge is 2.15. The van der Waals surface area contributed by atoms with Crippen LogP contribution in [0.2, 0.25) is 0 Å². The molecule has 1 aromatic carbocycles. The Kier molecular flexibility index (Phi) is 4.09. The molecular weight excluding hydrogens is 275 g/mol. The van der Waals surface area contributed by atoms with Crippen molar-refractivity contribution in [1.82, 2.24) is 5.32 Å². The summed E-state index contributed by atoms with van der Waals surface area (Å²) in [6.45, 7) is 6.00. The van der Waals surface area contributed by atoms with E-state index in [1.54, 1.807) is 11.3 Å². The third-order valence-electron chi connectivity index (χ3n) is 3.15. The van der Waals surface area contributed by atoms with Gasteiger partial charge in [0.25, 0.3) is 5.91 Å². The van der Waals surface area contributed by atoms with Crippen molar-refractivity contribution >= 4 is 22.9 Å². The van der Waals surface area contributed by atoms with Crippen LogP contribution in [0.3, 0.4) is 0 Å². The molecule has 0 fully saturated rings. The van der Waals surface area contributed by atoms with Gasteiger partial charge in [-0.25, -0.2) is 4.39 Å². The van der Waals surface area contributed by atoms with Crippen molar-refractivity contribution in [3.63, 3.8) is 0 Å². The molecule has 0 radical (unpaired) electrons. The highest BCUT2D eigenvalue weighted by Crippen LogP contribution is 2.26. The molecule has 106 valence electrons. The Bertz CT molecular complexity index is 651. The SMILES string of the molecule is Cc1cc(C(C)NC(=O)c2ccc(F)c(N)c2)c(C)s1. The summed E-state index contributed by atoms with van der Waals surface area (Å²) in [5.41, 5.74) is 6.92. The molecule has 3 N–H and O–H groups in total. The molecule has 0 spiro atoms. The number of halogens is 1. The Labute approximate surface area is 121 Å². The Hall–Kier alpha value is -1.88. The summed E-state index contributed by atoms with van der Waals surface area (Å²) >= 11 is 1.70.